The second kappa shape index (κ2) is 8.70. The summed E-state index contributed by atoms with van der Waals surface area (Å²) in [6.45, 7) is 15.3. The second-order valence-electron chi connectivity index (χ2n) is 7.42. The average molecular weight is 320 g/mol. The van der Waals surface area contributed by atoms with Gasteiger partial charge in [-0.3, -0.25) is 0 Å². The summed E-state index contributed by atoms with van der Waals surface area (Å²) in [4.78, 5) is 1.68. The lowest BCUT2D eigenvalue weighted by Crippen LogP contribution is -3.15. The van der Waals surface area contributed by atoms with Crippen LogP contribution in [0.2, 0.25) is 0 Å². The topological polar surface area (TPSA) is 22.9 Å². The third kappa shape index (κ3) is 5.82. The highest BCUT2D eigenvalue weighted by molar-refractivity contribution is 5.39. The molecule has 1 heterocycles. The zero-order valence-corrected chi connectivity index (χ0v) is 15.5. The first-order chi connectivity index (χ1) is 11.0. The summed E-state index contributed by atoms with van der Waals surface area (Å²) < 4.78 is 11.9. The van der Waals surface area contributed by atoms with Crippen LogP contribution in [-0.4, -0.2) is 38.4 Å². The number of rotatable bonds is 7. The zero-order valence-electron chi connectivity index (χ0n) is 15.5. The van der Waals surface area contributed by atoms with Crippen LogP contribution in [-0.2, 0) is 4.74 Å². The fourth-order valence-corrected chi connectivity index (χ4v) is 3.50. The fourth-order valence-electron chi connectivity index (χ4n) is 3.50. The second-order valence-corrected chi connectivity index (χ2v) is 7.42. The van der Waals surface area contributed by atoms with Crippen LogP contribution in [0.1, 0.15) is 57.6 Å². The normalized spacial score (nSPS) is 24.9. The first-order valence-corrected chi connectivity index (χ1v) is 9.18. The minimum absolute atomic E-state index is 0.394. The summed E-state index contributed by atoms with van der Waals surface area (Å²) >= 11 is 0. The van der Waals surface area contributed by atoms with Crippen molar-refractivity contribution in [3.8, 4) is 5.75 Å². The number of benzene rings is 1. The summed E-state index contributed by atoms with van der Waals surface area (Å²) in [5.74, 6) is 1.58. The van der Waals surface area contributed by atoms with Gasteiger partial charge in [-0.1, -0.05) is 26.0 Å². The number of hydrogen-bond acceptors (Lipinski definition) is 2. The molecular formula is C20H34NO2+. The van der Waals surface area contributed by atoms with Gasteiger partial charge in [0, 0.05) is 0 Å². The Bertz CT molecular complexity index is 477. The van der Waals surface area contributed by atoms with Gasteiger partial charge in [0.1, 0.15) is 31.0 Å². The molecule has 0 unspecified atom stereocenters. The standard InChI is InChI=1S/C20H33NO2/c1-15(2)19-9-8-16(3)12-20(19)22-11-7-6-10-21-13-17(4)23-18(5)14-21/h8-9,12,15,17-18H,6-7,10-11,13-14H2,1-5H3/p+1/t17-,18-/m1/s1. The Labute approximate surface area is 142 Å². The van der Waals surface area contributed by atoms with E-state index in [1.165, 1.54) is 24.1 Å². The number of hydrogen-bond donors (Lipinski definition) is 1. The van der Waals surface area contributed by atoms with Gasteiger partial charge in [-0.25, -0.2) is 0 Å². The van der Waals surface area contributed by atoms with E-state index in [0.717, 1.165) is 31.9 Å². The maximum Gasteiger partial charge on any atom is 0.122 e. The Morgan fingerprint density at radius 3 is 2.52 bits per heavy atom. The lowest BCUT2D eigenvalue weighted by atomic mass is 10.0. The van der Waals surface area contributed by atoms with Crippen molar-refractivity contribution < 1.29 is 14.4 Å². The van der Waals surface area contributed by atoms with Gasteiger partial charge in [-0.15, -0.1) is 0 Å². The van der Waals surface area contributed by atoms with Gasteiger partial charge in [0.2, 0.25) is 0 Å². The first kappa shape index (κ1) is 18.3. The Kier molecular flexibility index (Phi) is 6.91. The summed E-state index contributed by atoms with van der Waals surface area (Å²) in [5, 5.41) is 0. The van der Waals surface area contributed by atoms with E-state index in [1.54, 1.807) is 4.90 Å². The monoisotopic (exact) mass is 320 g/mol. The molecule has 1 aliphatic heterocycles. The van der Waals surface area contributed by atoms with Crippen LogP contribution in [0.4, 0.5) is 0 Å². The van der Waals surface area contributed by atoms with Crippen molar-refractivity contribution in [2.24, 2.45) is 0 Å². The fraction of sp³-hybridized carbons (Fsp3) is 0.700. The van der Waals surface area contributed by atoms with E-state index < -0.39 is 0 Å². The Hall–Kier alpha value is -1.06. The van der Waals surface area contributed by atoms with E-state index in [-0.39, 0.29) is 0 Å². The highest BCUT2D eigenvalue weighted by Gasteiger charge is 2.24. The Morgan fingerprint density at radius 1 is 1.17 bits per heavy atom. The van der Waals surface area contributed by atoms with Crippen molar-refractivity contribution in [2.75, 3.05) is 26.2 Å². The van der Waals surface area contributed by atoms with E-state index in [2.05, 4.69) is 52.8 Å². The van der Waals surface area contributed by atoms with Crippen LogP contribution in [0, 0.1) is 6.92 Å². The quantitative estimate of drug-likeness (QED) is 0.781. The Morgan fingerprint density at radius 2 is 1.87 bits per heavy atom. The first-order valence-electron chi connectivity index (χ1n) is 9.18. The lowest BCUT2D eigenvalue weighted by Gasteiger charge is -2.32. The number of quaternary nitrogens is 1. The molecule has 1 aliphatic rings. The predicted octanol–water partition coefficient (Wildman–Crippen LogP) is 2.97. The third-order valence-electron chi connectivity index (χ3n) is 4.59. The molecular weight excluding hydrogens is 286 g/mol. The van der Waals surface area contributed by atoms with Gasteiger partial charge < -0.3 is 14.4 Å². The molecule has 0 bridgehead atoms. The molecule has 130 valence electrons. The van der Waals surface area contributed by atoms with Crippen molar-refractivity contribution >= 4 is 0 Å². The zero-order chi connectivity index (χ0) is 16.8. The molecule has 0 saturated carbocycles. The summed E-state index contributed by atoms with van der Waals surface area (Å²) in [7, 11) is 0. The van der Waals surface area contributed by atoms with E-state index in [1.807, 2.05) is 0 Å². The van der Waals surface area contributed by atoms with Crippen molar-refractivity contribution in [1.82, 2.24) is 0 Å². The minimum atomic E-state index is 0.394. The number of morpholine rings is 1. The van der Waals surface area contributed by atoms with Gasteiger partial charge >= 0.3 is 0 Å². The van der Waals surface area contributed by atoms with Crippen LogP contribution in [0.15, 0.2) is 18.2 Å². The third-order valence-corrected chi connectivity index (χ3v) is 4.59. The van der Waals surface area contributed by atoms with Crippen molar-refractivity contribution in [2.45, 2.75) is 65.6 Å². The lowest BCUT2D eigenvalue weighted by molar-refractivity contribution is -0.915. The number of unbranched alkanes of at least 4 members (excludes halogenated alkanes) is 1. The van der Waals surface area contributed by atoms with Gasteiger partial charge in [0.25, 0.3) is 0 Å². The summed E-state index contributed by atoms with van der Waals surface area (Å²) in [6.07, 6.45) is 3.13. The van der Waals surface area contributed by atoms with E-state index in [9.17, 15) is 0 Å². The predicted molar refractivity (Wildman–Crippen MR) is 95.6 cm³/mol. The summed E-state index contributed by atoms with van der Waals surface area (Å²) in [5.41, 5.74) is 2.59. The highest BCUT2D eigenvalue weighted by Crippen LogP contribution is 2.27. The Balaban J connectivity index is 1.72. The molecule has 1 saturated heterocycles. The van der Waals surface area contributed by atoms with Crippen LogP contribution in [0.25, 0.3) is 0 Å². The van der Waals surface area contributed by atoms with Crippen molar-refractivity contribution in [3.63, 3.8) is 0 Å². The SMILES string of the molecule is Cc1ccc(C(C)C)c(OCCCC[NH+]2C[C@@H](C)O[C@H](C)C2)c1. The van der Waals surface area contributed by atoms with Gasteiger partial charge in [-0.05, 0) is 56.7 Å². The molecule has 3 heteroatoms. The molecule has 2 atom stereocenters. The van der Waals surface area contributed by atoms with Gasteiger partial charge in [0.15, 0.2) is 0 Å². The van der Waals surface area contributed by atoms with Gasteiger partial charge in [-0.2, -0.15) is 0 Å². The molecule has 1 fully saturated rings. The van der Waals surface area contributed by atoms with Gasteiger partial charge in [0.05, 0.1) is 13.2 Å². The van der Waals surface area contributed by atoms with Crippen LogP contribution in [0.5, 0.6) is 5.75 Å². The summed E-state index contributed by atoms with van der Waals surface area (Å²) in [6, 6.07) is 6.55. The van der Waals surface area contributed by atoms with E-state index >= 15 is 0 Å². The molecule has 3 nitrogen and oxygen atoms in total. The highest BCUT2D eigenvalue weighted by atomic mass is 16.5. The molecule has 1 aromatic rings. The number of ether oxygens (including phenoxy) is 2. The van der Waals surface area contributed by atoms with Crippen LogP contribution in [0.3, 0.4) is 0 Å². The minimum Gasteiger partial charge on any atom is -0.493 e. The number of nitrogens with one attached hydrogen (secondary N) is 1. The van der Waals surface area contributed by atoms with Crippen LogP contribution >= 0.6 is 0 Å². The molecule has 0 amide bonds. The molecule has 2 rings (SSSR count). The molecule has 0 aliphatic carbocycles. The maximum atomic E-state index is 6.08. The molecule has 1 N–H and O–H groups in total. The van der Waals surface area contributed by atoms with Crippen molar-refractivity contribution in [1.29, 1.82) is 0 Å². The molecule has 0 radical (unpaired) electrons. The number of aryl methyl sites for hydroxylation is 1. The van der Waals surface area contributed by atoms with E-state index in [4.69, 9.17) is 9.47 Å². The van der Waals surface area contributed by atoms with Crippen LogP contribution < -0.4 is 9.64 Å². The van der Waals surface area contributed by atoms with E-state index in [0.29, 0.717) is 18.1 Å². The average Bonchev–Trinajstić information content (AvgIpc) is 2.45. The molecule has 0 aromatic heterocycles. The molecule has 0 spiro atoms. The maximum absolute atomic E-state index is 6.08. The molecule has 1 aromatic carbocycles. The smallest absolute Gasteiger partial charge is 0.122 e. The van der Waals surface area contributed by atoms with Crippen molar-refractivity contribution in [3.05, 3.63) is 29.3 Å². The molecule has 23 heavy (non-hydrogen) atoms. The largest absolute Gasteiger partial charge is 0.493 e.